The lowest BCUT2D eigenvalue weighted by atomic mass is 10.3. The molecule has 1 heterocycles. The molecule has 0 bridgehead atoms. The third-order valence-corrected chi connectivity index (χ3v) is 1.81. The number of nitrogens with two attached hydrogens (primary N) is 1. The predicted molar refractivity (Wildman–Crippen MR) is 49.2 cm³/mol. The van der Waals surface area contributed by atoms with Crippen molar-refractivity contribution in [3.63, 3.8) is 0 Å². The lowest BCUT2D eigenvalue weighted by Gasteiger charge is -2.14. The monoisotopic (exact) mass is 183 g/mol. The highest BCUT2D eigenvalue weighted by Crippen LogP contribution is 2.11. The summed E-state index contributed by atoms with van der Waals surface area (Å²) in [5, 5.41) is 8.88. The fourth-order valence-corrected chi connectivity index (χ4v) is 1.14. The Morgan fingerprint density at radius 2 is 2.31 bits per heavy atom. The van der Waals surface area contributed by atoms with Crippen LogP contribution in [0.15, 0.2) is 11.0 Å². The maximum absolute atomic E-state index is 11.2. The van der Waals surface area contributed by atoms with Crippen molar-refractivity contribution in [1.82, 2.24) is 9.55 Å². The smallest absolute Gasteiger partial charge is 0.349 e. The zero-order valence-electron chi connectivity index (χ0n) is 7.69. The van der Waals surface area contributed by atoms with Gasteiger partial charge in [-0.15, -0.1) is 0 Å². The van der Waals surface area contributed by atoms with Gasteiger partial charge in [-0.1, -0.05) is 0 Å². The molecule has 0 unspecified atom stereocenters. The molecule has 0 atom stereocenters. The van der Waals surface area contributed by atoms with Gasteiger partial charge in [-0.05, 0) is 13.8 Å². The summed E-state index contributed by atoms with van der Waals surface area (Å²) in [7, 11) is 0. The zero-order chi connectivity index (χ0) is 10.0. The summed E-state index contributed by atoms with van der Waals surface area (Å²) in [6.45, 7) is 3.47. The molecule has 0 saturated heterocycles. The first kappa shape index (κ1) is 9.73. The van der Waals surface area contributed by atoms with Crippen LogP contribution >= 0.6 is 0 Å². The summed E-state index contributed by atoms with van der Waals surface area (Å²) >= 11 is 0. The first-order valence-electron chi connectivity index (χ1n) is 4.04. The van der Waals surface area contributed by atoms with E-state index in [0.29, 0.717) is 5.56 Å². The Morgan fingerprint density at radius 1 is 1.69 bits per heavy atom. The van der Waals surface area contributed by atoms with Crippen LogP contribution in [0.2, 0.25) is 0 Å². The molecule has 0 aliphatic carbocycles. The number of aliphatic hydroxyl groups is 1. The number of nitrogens with zero attached hydrogens (tertiary/aromatic N) is 2. The van der Waals surface area contributed by atoms with Gasteiger partial charge in [-0.25, -0.2) is 9.78 Å². The molecular weight excluding hydrogens is 170 g/mol. The Labute approximate surface area is 75.8 Å². The van der Waals surface area contributed by atoms with Gasteiger partial charge in [-0.3, -0.25) is 4.57 Å². The second-order valence-electron chi connectivity index (χ2n) is 3.07. The Kier molecular flexibility index (Phi) is 2.67. The Morgan fingerprint density at radius 3 is 2.77 bits per heavy atom. The minimum atomic E-state index is -0.385. The third-order valence-electron chi connectivity index (χ3n) is 1.81. The standard InChI is InChI=1S/C8H13N3O2/c1-5(2)11-7(9)6(4-12)3-10-8(11)13/h3,5,12H,4,9H2,1-2H3. The minimum Gasteiger partial charge on any atom is -0.391 e. The van der Waals surface area contributed by atoms with Gasteiger partial charge in [0.25, 0.3) is 0 Å². The summed E-state index contributed by atoms with van der Waals surface area (Å²) in [5.41, 5.74) is 5.75. The summed E-state index contributed by atoms with van der Waals surface area (Å²) < 4.78 is 1.35. The van der Waals surface area contributed by atoms with Crippen LogP contribution in [0.25, 0.3) is 0 Å². The highest BCUT2D eigenvalue weighted by molar-refractivity contribution is 5.37. The molecule has 0 radical (unpaired) electrons. The van der Waals surface area contributed by atoms with Gasteiger partial charge in [0.2, 0.25) is 0 Å². The lowest BCUT2D eigenvalue weighted by Crippen LogP contribution is -2.27. The van der Waals surface area contributed by atoms with Crippen molar-refractivity contribution < 1.29 is 5.11 Å². The molecular formula is C8H13N3O2. The van der Waals surface area contributed by atoms with Crippen molar-refractivity contribution in [2.24, 2.45) is 0 Å². The summed E-state index contributed by atoms with van der Waals surface area (Å²) in [6.07, 6.45) is 1.30. The fraction of sp³-hybridized carbons (Fsp3) is 0.500. The Bertz CT molecular complexity index is 357. The number of rotatable bonds is 2. The van der Waals surface area contributed by atoms with Crippen molar-refractivity contribution in [3.8, 4) is 0 Å². The van der Waals surface area contributed by atoms with E-state index in [1.165, 1.54) is 10.8 Å². The van der Waals surface area contributed by atoms with Crippen molar-refractivity contribution in [3.05, 3.63) is 22.2 Å². The maximum atomic E-state index is 11.2. The van der Waals surface area contributed by atoms with E-state index in [1.54, 1.807) is 0 Å². The molecule has 0 aliphatic heterocycles. The van der Waals surface area contributed by atoms with Gasteiger partial charge < -0.3 is 10.8 Å². The molecule has 1 aromatic heterocycles. The molecule has 0 spiro atoms. The van der Waals surface area contributed by atoms with Crippen LogP contribution in [0.3, 0.4) is 0 Å². The van der Waals surface area contributed by atoms with E-state index in [4.69, 9.17) is 10.8 Å². The molecule has 0 aromatic carbocycles. The van der Waals surface area contributed by atoms with Crippen LogP contribution < -0.4 is 11.4 Å². The first-order chi connectivity index (χ1) is 6.07. The van der Waals surface area contributed by atoms with Crippen LogP contribution in [0, 0.1) is 0 Å². The van der Waals surface area contributed by atoms with Gasteiger partial charge in [0, 0.05) is 17.8 Å². The van der Waals surface area contributed by atoms with Crippen molar-refractivity contribution in [2.75, 3.05) is 5.73 Å². The molecule has 0 aliphatic rings. The molecule has 13 heavy (non-hydrogen) atoms. The van der Waals surface area contributed by atoms with E-state index < -0.39 is 0 Å². The average molecular weight is 183 g/mol. The molecule has 5 nitrogen and oxygen atoms in total. The van der Waals surface area contributed by atoms with Crippen LogP contribution in [0.1, 0.15) is 25.5 Å². The Hall–Kier alpha value is -1.36. The fourth-order valence-electron chi connectivity index (χ4n) is 1.14. The van der Waals surface area contributed by atoms with Gasteiger partial charge >= 0.3 is 5.69 Å². The van der Waals surface area contributed by atoms with E-state index in [1.807, 2.05) is 13.8 Å². The van der Waals surface area contributed by atoms with Gasteiger partial charge in [0.05, 0.1) is 6.61 Å². The number of hydrogen-bond donors (Lipinski definition) is 2. The molecule has 1 rings (SSSR count). The highest BCUT2D eigenvalue weighted by atomic mass is 16.3. The van der Waals surface area contributed by atoms with E-state index in [2.05, 4.69) is 4.98 Å². The maximum Gasteiger partial charge on any atom is 0.349 e. The van der Waals surface area contributed by atoms with E-state index in [0.717, 1.165) is 0 Å². The van der Waals surface area contributed by atoms with Crippen molar-refractivity contribution >= 4 is 5.82 Å². The largest absolute Gasteiger partial charge is 0.391 e. The normalized spacial score (nSPS) is 10.8. The zero-order valence-corrected chi connectivity index (χ0v) is 7.69. The lowest BCUT2D eigenvalue weighted by molar-refractivity contribution is 0.280. The van der Waals surface area contributed by atoms with Gasteiger partial charge in [0.15, 0.2) is 0 Å². The average Bonchev–Trinajstić information content (AvgIpc) is 2.04. The van der Waals surface area contributed by atoms with Gasteiger partial charge in [-0.2, -0.15) is 0 Å². The SMILES string of the molecule is CC(C)n1c(N)c(CO)cnc1=O. The van der Waals surface area contributed by atoms with E-state index in [9.17, 15) is 4.79 Å². The molecule has 5 heteroatoms. The summed E-state index contributed by atoms with van der Waals surface area (Å²) in [4.78, 5) is 14.8. The number of aromatic nitrogens is 2. The number of aliphatic hydroxyl groups excluding tert-OH is 1. The Balaban J connectivity index is 3.39. The van der Waals surface area contributed by atoms with Crippen LogP contribution in [-0.4, -0.2) is 14.7 Å². The van der Waals surface area contributed by atoms with Crippen molar-refractivity contribution in [1.29, 1.82) is 0 Å². The number of anilines is 1. The van der Waals surface area contributed by atoms with Gasteiger partial charge in [0.1, 0.15) is 5.82 Å². The minimum absolute atomic E-state index is 0.0495. The van der Waals surface area contributed by atoms with Crippen LogP contribution in [0.5, 0.6) is 0 Å². The molecule has 0 amide bonds. The summed E-state index contributed by atoms with van der Waals surface area (Å²) in [5.74, 6) is 0.289. The molecule has 1 aromatic rings. The summed E-state index contributed by atoms with van der Waals surface area (Å²) in [6, 6.07) is -0.0495. The molecule has 72 valence electrons. The van der Waals surface area contributed by atoms with E-state index in [-0.39, 0.29) is 24.2 Å². The quantitative estimate of drug-likeness (QED) is 0.670. The van der Waals surface area contributed by atoms with E-state index >= 15 is 0 Å². The number of nitrogen functional groups attached to an aromatic ring is 1. The predicted octanol–water partition coefficient (Wildman–Crippen LogP) is -0.101. The molecule has 0 fully saturated rings. The second-order valence-corrected chi connectivity index (χ2v) is 3.07. The van der Waals surface area contributed by atoms with Crippen LogP contribution in [-0.2, 0) is 6.61 Å². The third kappa shape index (κ3) is 1.70. The molecule has 0 saturated carbocycles. The second kappa shape index (κ2) is 3.57. The first-order valence-corrected chi connectivity index (χ1v) is 4.04. The molecule has 3 N–H and O–H groups in total. The number of hydrogen-bond acceptors (Lipinski definition) is 4. The van der Waals surface area contributed by atoms with Crippen LogP contribution in [0.4, 0.5) is 5.82 Å². The highest BCUT2D eigenvalue weighted by Gasteiger charge is 2.09. The topological polar surface area (TPSA) is 81.1 Å². The van der Waals surface area contributed by atoms with Crippen molar-refractivity contribution in [2.45, 2.75) is 26.5 Å².